The molecule has 0 fully saturated rings. The summed E-state index contributed by atoms with van der Waals surface area (Å²) in [6, 6.07) is 14.7. The molecule has 4 aromatic rings. The Morgan fingerprint density at radius 3 is 1.75 bits per heavy atom. The Kier molecular flexibility index (Phi) is 7.67. The fraction of sp³-hybridized carbons (Fsp3) is 0.172. The van der Waals surface area contributed by atoms with Gasteiger partial charge in [0.25, 0.3) is 0 Å². The number of halogens is 6. The van der Waals surface area contributed by atoms with Crippen molar-refractivity contribution in [3.05, 3.63) is 113 Å². The van der Waals surface area contributed by atoms with E-state index in [-0.39, 0.29) is 17.7 Å². The van der Waals surface area contributed by atoms with Crippen LogP contribution in [0.3, 0.4) is 0 Å². The standard InChI is InChI=1S/C29H22F6O/c1-2-3-4-17-11-26(33)29(27(34)12-17)36-16-18-5-10-22(23(30)13-18)20-8-6-19(7-9-20)21-14-24(31)28(35)25(32)15-21/h5-15H,2-4,16H2,1H3. The molecule has 0 radical (unpaired) electrons. The van der Waals surface area contributed by atoms with Crippen LogP contribution < -0.4 is 4.74 Å². The topological polar surface area (TPSA) is 9.23 Å². The Morgan fingerprint density at radius 2 is 1.17 bits per heavy atom. The molecule has 0 aliphatic carbocycles. The summed E-state index contributed by atoms with van der Waals surface area (Å²) in [7, 11) is 0. The molecule has 0 saturated carbocycles. The highest BCUT2D eigenvalue weighted by Gasteiger charge is 2.15. The molecule has 0 aliphatic rings. The van der Waals surface area contributed by atoms with E-state index in [0.717, 1.165) is 25.0 Å². The van der Waals surface area contributed by atoms with Crippen LogP contribution >= 0.6 is 0 Å². The van der Waals surface area contributed by atoms with Crippen molar-refractivity contribution in [2.24, 2.45) is 0 Å². The van der Waals surface area contributed by atoms with Gasteiger partial charge in [0.1, 0.15) is 12.4 Å². The monoisotopic (exact) mass is 500 g/mol. The first-order valence-corrected chi connectivity index (χ1v) is 11.4. The second-order valence-corrected chi connectivity index (χ2v) is 8.43. The molecule has 4 aromatic carbocycles. The molecule has 0 amide bonds. The van der Waals surface area contributed by atoms with E-state index in [1.165, 1.54) is 36.4 Å². The second kappa shape index (κ2) is 10.9. The lowest BCUT2D eigenvalue weighted by Gasteiger charge is -2.12. The van der Waals surface area contributed by atoms with Crippen LogP contribution in [0.1, 0.15) is 30.9 Å². The zero-order chi connectivity index (χ0) is 25.8. The third-order valence-electron chi connectivity index (χ3n) is 5.81. The van der Waals surface area contributed by atoms with Gasteiger partial charge in [-0.15, -0.1) is 0 Å². The zero-order valence-electron chi connectivity index (χ0n) is 19.4. The van der Waals surface area contributed by atoms with Crippen LogP contribution in [-0.4, -0.2) is 0 Å². The molecule has 0 saturated heterocycles. The largest absolute Gasteiger partial charge is 0.483 e. The average Bonchev–Trinajstić information content (AvgIpc) is 2.85. The van der Waals surface area contributed by atoms with Gasteiger partial charge < -0.3 is 4.74 Å². The number of hydrogen-bond acceptors (Lipinski definition) is 1. The summed E-state index contributed by atoms with van der Waals surface area (Å²) in [6.07, 6.45) is 2.29. The Morgan fingerprint density at radius 1 is 0.583 bits per heavy atom. The molecule has 4 rings (SSSR count). The van der Waals surface area contributed by atoms with Gasteiger partial charge in [-0.1, -0.05) is 49.7 Å². The van der Waals surface area contributed by atoms with E-state index in [4.69, 9.17) is 4.74 Å². The molecule has 0 unspecified atom stereocenters. The molecular formula is C29H22F6O. The van der Waals surface area contributed by atoms with Crippen LogP contribution in [0.2, 0.25) is 0 Å². The van der Waals surface area contributed by atoms with Crippen molar-refractivity contribution >= 4 is 0 Å². The van der Waals surface area contributed by atoms with Crippen molar-refractivity contribution in [3.8, 4) is 28.0 Å². The zero-order valence-corrected chi connectivity index (χ0v) is 19.4. The van der Waals surface area contributed by atoms with Gasteiger partial charge in [-0.25, -0.2) is 26.3 Å². The quantitative estimate of drug-likeness (QED) is 0.174. The average molecular weight is 500 g/mol. The summed E-state index contributed by atoms with van der Waals surface area (Å²) in [6.45, 7) is 1.75. The highest BCUT2D eigenvalue weighted by atomic mass is 19.2. The SMILES string of the molecule is CCCCc1cc(F)c(OCc2ccc(-c3ccc(-c4cc(F)c(F)c(F)c4)cc3)c(F)c2)c(F)c1. The molecule has 1 nitrogen and oxygen atoms in total. The van der Waals surface area contributed by atoms with Crippen LogP contribution in [0.25, 0.3) is 22.3 Å². The van der Waals surface area contributed by atoms with E-state index in [1.807, 2.05) is 6.92 Å². The lowest BCUT2D eigenvalue weighted by molar-refractivity contribution is 0.273. The van der Waals surface area contributed by atoms with E-state index >= 15 is 0 Å². The summed E-state index contributed by atoms with van der Waals surface area (Å²) in [5.74, 6) is -6.85. The fourth-order valence-electron chi connectivity index (χ4n) is 3.88. The van der Waals surface area contributed by atoms with Crippen LogP contribution in [0, 0.1) is 34.9 Å². The van der Waals surface area contributed by atoms with Gasteiger partial charge in [-0.2, -0.15) is 0 Å². The number of benzene rings is 4. The van der Waals surface area contributed by atoms with Gasteiger partial charge in [-0.3, -0.25) is 0 Å². The summed E-state index contributed by atoms with van der Waals surface area (Å²) in [4.78, 5) is 0. The lowest BCUT2D eigenvalue weighted by Crippen LogP contribution is -2.02. The summed E-state index contributed by atoms with van der Waals surface area (Å²) in [5, 5.41) is 0. The van der Waals surface area contributed by atoms with Gasteiger partial charge >= 0.3 is 0 Å². The Bertz CT molecular complexity index is 1340. The molecule has 186 valence electrons. The molecule has 0 spiro atoms. The maximum Gasteiger partial charge on any atom is 0.194 e. The van der Waals surface area contributed by atoms with Gasteiger partial charge in [0.2, 0.25) is 0 Å². The number of hydrogen-bond donors (Lipinski definition) is 0. The predicted molar refractivity (Wildman–Crippen MR) is 126 cm³/mol. The molecule has 0 atom stereocenters. The molecule has 0 bridgehead atoms. The maximum absolute atomic E-state index is 14.8. The first-order valence-electron chi connectivity index (χ1n) is 11.4. The van der Waals surface area contributed by atoms with Crippen molar-refractivity contribution in [1.29, 1.82) is 0 Å². The highest BCUT2D eigenvalue weighted by molar-refractivity contribution is 5.71. The molecule has 0 aromatic heterocycles. The van der Waals surface area contributed by atoms with Crippen LogP contribution in [0.4, 0.5) is 26.3 Å². The summed E-state index contributed by atoms with van der Waals surface area (Å²) < 4.78 is 89.0. The molecule has 0 aliphatic heterocycles. The molecular weight excluding hydrogens is 478 g/mol. The van der Waals surface area contributed by atoms with Gasteiger partial charge in [0.15, 0.2) is 34.8 Å². The Hall–Kier alpha value is -3.74. The Labute approximate surface area is 205 Å². The smallest absolute Gasteiger partial charge is 0.194 e. The van der Waals surface area contributed by atoms with Crippen molar-refractivity contribution in [1.82, 2.24) is 0 Å². The minimum Gasteiger partial charge on any atom is -0.483 e. The van der Waals surface area contributed by atoms with E-state index in [9.17, 15) is 26.3 Å². The number of ether oxygens (including phenoxy) is 1. The minimum absolute atomic E-state index is 0.142. The Balaban J connectivity index is 1.48. The van der Waals surface area contributed by atoms with Crippen molar-refractivity contribution < 1.29 is 31.1 Å². The molecule has 36 heavy (non-hydrogen) atoms. The van der Waals surface area contributed by atoms with Gasteiger partial charge in [0, 0.05) is 5.56 Å². The van der Waals surface area contributed by atoms with Crippen molar-refractivity contribution in [3.63, 3.8) is 0 Å². The maximum atomic E-state index is 14.8. The third kappa shape index (κ3) is 5.56. The van der Waals surface area contributed by atoms with Crippen LogP contribution in [0.15, 0.2) is 66.7 Å². The van der Waals surface area contributed by atoms with E-state index in [1.54, 1.807) is 18.2 Å². The van der Waals surface area contributed by atoms with Crippen LogP contribution in [0.5, 0.6) is 5.75 Å². The lowest BCUT2D eigenvalue weighted by atomic mass is 9.99. The first kappa shape index (κ1) is 25.4. The van der Waals surface area contributed by atoms with Gasteiger partial charge in [0.05, 0.1) is 0 Å². The first-order chi connectivity index (χ1) is 17.3. The third-order valence-corrected chi connectivity index (χ3v) is 5.81. The summed E-state index contributed by atoms with van der Waals surface area (Å²) >= 11 is 0. The molecule has 7 heteroatoms. The molecule has 0 N–H and O–H groups in total. The van der Waals surface area contributed by atoms with Crippen LogP contribution in [-0.2, 0) is 13.0 Å². The number of unbranched alkanes of at least 4 members (excludes halogenated alkanes) is 1. The highest BCUT2D eigenvalue weighted by Crippen LogP contribution is 2.30. The second-order valence-electron chi connectivity index (χ2n) is 8.43. The van der Waals surface area contributed by atoms with E-state index in [0.29, 0.717) is 28.7 Å². The van der Waals surface area contributed by atoms with Crippen molar-refractivity contribution in [2.75, 3.05) is 0 Å². The normalized spacial score (nSPS) is 11.1. The predicted octanol–water partition coefficient (Wildman–Crippen LogP) is 8.78. The van der Waals surface area contributed by atoms with Crippen molar-refractivity contribution in [2.45, 2.75) is 32.8 Å². The number of rotatable bonds is 8. The molecule has 0 heterocycles. The van der Waals surface area contributed by atoms with Gasteiger partial charge in [-0.05, 0) is 71.0 Å². The van der Waals surface area contributed by atoms with E-state index in [2.05, 4.69) is 0 Å². The fourth-order valence-corrected chi connectivity index (χ4v) is 3.88. The summed E-state index contributed by atoms with van der Waals surface area (Å²) in [5.41, 5.74) is 2.23. The minimum atomic E-state index is -1.55. The van der Waals surface area contributed by atoms with E-state index < -0.39 is 40.7 Å². The number of aryl methyl sites for hydroxylation is 1.